The van der Waals surface area contributed by atoms with Crippen LogP contribution in [0.25, 0.3) is 0 Å². The number of ether oxygens (including phenoxy) is 1. The SMILES string of the molecule is N[C@](CF)(c1ccccc1F)[C@@H]1COCC[C@H]1O. The fraction of sp³-hybridized carbons (Fsp3) is 0.538. The van der Waals surface area contributed by atoms with Gasteiger partial charge >= 0.3 is 0 Å². The minimum atomic E-state index is -1.55. The van der Waals surface area contributed by atoms with Gasteiger partial charge in [0.05, 0.1) is 18.2 Å². The molecule has 1 aromatic rings. The number of aliphatic hydroxyl groups is 1. The lowest BCUT2D eigenvalue weighted by Crippen LogP contribution is -2.55. The summed E-state index contributed by atoms with van der Waals surface area (Å²) in [4.78, 5) is 0. The molecule has 5 heteroatoms. The molecule has 0 radical (unpaired) electrons. The zero-order valence-corrected chi connectivity index (χ0v) is 9.98. The van der Waals surface area contributed by atoms with Gasteiger partial charge in [0.25, 0.3) is 0 Å². The van der Waals surface area contributed by atoms with Crippen LogP contribution >= 0.6 is 0 Å². The van der Waals surface area contributed by atoms with E-state index in [9.17, 15) is 13.9 Å². The lowest BCUT2D eigenvalue weighted by molar-refractivity contribution is -0.0713. The quantitative estimate of drug-likeness (QED) is 0.859. The van der Waals surface area contributed by atoms with Gasteiger partial charge < -0.3 is 15.6 Å². The maximum atomic E-state index is 13.8. The Bertz CT molecular complexity index is 416. The second kappa shape index (κ2) is 5.30. The summed E-state index contributed by atoms with van der Waals surface area (Å²) in [6.45, 7) is -0.397. The predicted octanol–water partition coefficient (Wildman–Crippen LogP) is 1.35. The summed E-state index contributed by atoms with van der Waals surface area (Å²) in [5, 5.41) is 9.94. The van der Waals surface area contributed by atoms with Crippen molar-refractivity contribution in [2.45, 2.75) is 18.1 Å². The van der Waals surface area contributed by atoms with Crippen LogP contribution < -0.4 is 5.73 Å². The maximum Gasteiger partial charge on any atom is 0.128 e. The first-order chi connectivity index (χ1) is 8.59. The molecule has 0 saturated carbocycles. The molecule has 0 bridgehead atoms. The van der Waals surface area contributed by atoms with Crippen molar-refractivity contribution in [1.29, 1.82) is 0 Å². The molecule has 18 heavy (non-hydrogen) atoms. The van der Waals surface area contributed by atoms with Crippen LogP contribution in [0.15, 0.2) is 24.3 Å². The zero-order valence-electron chi connectivity index (χ0n) is 9.98. The molecule has 100 valence electrons. The molecule has 1 heterocycles. The highest BCUT2D eigenvalue weighted by Crippen LogP contribution is 2.34. The summed E-state index contributed by atoms with van der Waals surface area (Å²) in [5.41, 5.74) is 4.56. The van der Waals surface area contributed by atoms with E-state index in [4.69, 9.17) is 10.5 Å². The minimum Gasteiger partial charge on any atom is -0.393 e. The van der Waals surface area contributed by atoms with Crippen LogP contribution in [-0.4, -0.2) is 31.1 Å². The third-order valence-corrected chi connectivity index (χ3v) is 3.58. The number of hydrogen-bond acceptors (Lipinski definition) is 3. The van der Waals surface area contributed by atoms with Crippen LogP contribution in [0.3, 0.4) is 0 Å². The molecule has 1 fully saturated rings. The summed E-state index contributed by atoms with van der Waals surface area (Å²) in [7, 11) is 0. The number of alkyl halides is 1. The lowest BCUT2D eigenvalue weighted by Gasteiger charge is -2.40. The molecule has 1 saturated heterocycles. The fourth-order valence-electron chi connectivity index (χ4n) is 2.43. The van der Waals surface area contributed by atoms with Gasteiger partial charge in [0.1, 0.15) is 12.5 Å². The van der Waals surface area contributed by atoms with Gasteiger partial charge in [0.15, 0.2) is 0 Å². The van der Waals surface area contributed by atoms with E-state index in [1.54, 1.807) is 6.07 Å². The van der Waals surface area contributed by atoms with E-state index in [0.717, 1.165) is 0 Å². The van der Waals surface area contributed by atoms with Gasteiger partial charge in [-0.3, -0.25) is 0 Å². The van der Waals surface area contributed by atoms with Crippen molar-refractivity contribution >= 4 is 0 Å². The smallest absolute Gasteiger partial charge is 0.128 e. The van der Waals surface area contributed by atoms with Crippen molar-refractivity contribution < 1.29 is 18.6 Å². The number of halogens is 2. The average Bonchev–Trinajstić information content (AvgIpc) is 2.39. The van der Waals surface area contributed by atoms with E-state index >= 15 is 0 Å². The van der Waals surface area contributed by atoms with E-state index in [1.807, 2.05) is 0 Å². The molecule has 0 amide bonds. The van der Waals surface area contributed by atoms with Gasteiger partial charge in [-0.2, -0.15) is 0 Å². The normalized spacial score (nSPS) is 27.8. The number of aliphatic hydroxyl groups excluding tert-OH is 1. The van der Waals surface area contributed by atoms with E-state index < -0.39 is 30.1 Å². The first-order valence-electron chi connectivity index (χ1n) is 5.95. The van der Waals surface area contributed by atoms with Crippen LogP contribution in [0, 0.1) is 11.7 Å². The highest BCUT2D eigenvalue weighted by molar-refractivity contribution is 5.28. The Morgan fingerprint density at radius 1 is 1.44 bits per heavy atom. The summed E-state index contributed by atoms with van der Waals surface area (Å²) in [6.07, 6.45) is -0.392. The van der Waals surface area contributed by atoms with E-state index in [2.05, 4.69) is 0 Å². The topological polar surface area (TPSA) is 55.5 Å². The average molecular weight is 257 g/mol. The molecule has 3 atom stereocenters. The standard InChI is InChI=1S/C13H17F2NO2/c14-8-13(16,9-3-1-2-4-11(9)15)10-7-18-6-5-12(10)17/h1-4,10,12,17H,5-8,16H2/t10-,12-,13-/m1/s1. The molecule has 1 aliphatic rings. The summed E-state index contributed by atoms with van der Waals surface area (Å²) < 4.78 is 32.4. The molecule has 1 aliphatic heterocycles. The summed E-state index contributed by atoms with van der Waals surface area (Å²) in [5.74, 6) is -1.21. The molecule has 0 unspecified atom stereocenters. The molecule has 2 rings (SSSR count). The van der Waals surface area contributed by atoms with Gasteiger partial charge in [0.2, 0.25) is 0 Å². The highest BCUT2D eigenvalue weighted by Gasteiger charge is 2.44. The number of benzene rings is 1. The number of nitrogens with two attached hydrogens (primary N) is 1. The van der Waals surface area contributed by atoms with Gasteiger partial charge in [-0.25, -0.2) is 8.78 Å². The molecule has 0 spiro atoms. The van der Waals surface area contributed by atoms with E-state index in [0.29, 0.717) is 13.0 Å². The zero-order chi connectivity index (χ0) is 13.2. The molecule has 3 N–H and O–H groups in total. The predicted molar refractivity (Wildman–Crippen MR) is 63.2 cm³/mol. The molecule has 1 aromatic carbocycles. The van der Waals surface area contributed by atoms with Crippen molar-refractivity contribution in [2.24, 2.45) is 11.7 Å². The van der Waals surface area contributed by atoms with Gasteiger partial charge in [-0.05, 0) is 12.5 Å². The Hall–Kier alpha value is -1.04. The lowest BCUT2D eigenvalue weighted by atomic mass is 9.75. The van der Waals surface area contributed by atoms with E-state index in [-0.39, 0.29) is 12.2 Å². The van der Waals surface area contributed by atoms with Crippen molar-refractivity contribution in [2.75, 3.05) is 19.9 Å². The first kappa shape index (κ1) is 13.4. The van der Waals surface area contributed by atoms with Crippen molar-refractivity contribution in [3.05, 3.63) is 35.6 Å². The molecular formula is C13H17F2NO2. The third-order valence-electron chi connectivity index (χ3n) is 3.58. The summed E-state index contributed by atoms with van der Waals surface area (Å²) in [6, 6.07) is 5.82. The highest BCUT2D eigenvalue weighted by atomic mass is 19.1. The van der Waals surface area contributed by atoms with Crippen molar-refractivity contribution in [3.8, 4) is 0 Å². The second-order valence-corrected chi connectivity index (χ2v) is 4.69. The molecule has 0 aromatic heterocycles. The van der Waals surface area contributed by atoms with Crippen LogP contribution in [0.2, 0.25) is 0 Å². The third kappa shape index (κ3) is 2.25. The van der Waals surface area contributed by atoms with Crippen molar-refractivity contribution in [1.82, 2.24) is 0 Å². The second-order valence-electron chi connectivity index (χ2n) is 4.69. The Morgan fingerprint density at radius 3 is 2.78 bits per heavy atom. The fourth-order valence-corrected chi connectivity index (χ4v) is 2.43. The van der Waals surface area contributed by atoms with Crippen LogP contribution in [0.5, 0.6) is 0 Å². The summed E-state index contributed by atoms with van der Waals surface area (Å²) >= 11 is 0. The van der Waals surface area contributed by atoms with Crippen LogP contribution in [0.1, 0.15) is 12.0 Å². The van der Waals surface area contributed by atoms with E-state index in [1.165, 1.54) is 18.2 Å². The molecular weight excluding hydrogens is 240 g/mol. The molecule has 3 nitrogen and oxygen atoms in total. The maximum absolute atomic E-state index is 13.8. The Balaban J connectivity index is 2.38. The minimum absolute atomic E-state index is 0.0852. The largest absolute Gasteiger partial charge is 0.393 e. The Morgan fingerprint density at radius 2 is 2.17 bits per heavy atom. The van der Waals surface area contributed by atoms with Crippen molar-refractivity contribution in [3.63, 3.8) is 0 Å². The number of hydrogen-bond donors (Lipinski definition) is 2. The van der Waals surface area contributed by atoms with Crippen LogP contribution in [-0.2, 0) is 10.3 Å². The van der Waals surface area contributed by atoms with Gasteiger partial charge in [0, 0.05) is 18.1 Å². The monoisotopic (exact) mass is 257 g/mol. The molecule has 0 aliphatic carbocycles. The van der Waals surface area contributed by atoms with Crippen LogP contribution in [0.4, 0.5) is 8.78 Å². The van der Waals surface area contributed by atoms with Gasteiger partial charge in [-0.15, -0.1) is 0 Å². The number of rotatable bonds is 3. The first-order valence-corrected chi connectivity index (χ1v) is 5.95. The Kier molecular flexibility index (Phi) is 3.94. The Labute approximate surface area is 105 Å². The van der Waals surface area contributed by atoms with Gasteiger partial charge in [-0.1, -0.05) is 18.2 Å².